The molecule has 22 heavy (non-hydrogen) atoms. The maximum atomic E-state index is 13.7. The van der Waals surface area contributed by atoms with E-state index in [1.807, 2.05) is 18.7 Å². The van der Waals surface area contributed by atoms with Gasteiger partial charge in [0.15, 0.2) is 5.16 Å². The minimum atomic E-state index is -0.191. The molecule has 0 amide bonds. The summed E-state index contributed by atoms with van der Waals surface area (Å²) in [6.45, 7) is 8.51. The molecule has 1 unspecified atom stereocenters. The molecule has 0 fully saturated rings. The molecular formula is C17H21Cl2FN2. The summed E-state index contributed by atoms with van der Waals surface area (Å²) in [6.07, 6.45) is 6.47. The molecule has 2 nitrogen and oxygen atoms in total. The zero-order valence-electron chi connectivity index (χ0n) is 13.0. The highest BCUT2D eigenvalue weighted by Gasteiger charge is 2.24. The third-order valence-electron chi connectivity index (χ3n) is 4.06. The average Bonchev–Trinajstić information content (AvgIpc) is 2.59. The Morgan fingerprint density at radius 3 is 2.82 bits per heavy atom. The monoisotopic (exact) mass is 342 g/mol. The molecule has 5 heteroatoms. The quantitative estimate of drug-likeness (QED) is 0.583. The van der Waals surface area contributed by atoms with E-state index in [2.05, 4.69) is 17.6 Å². The van der Waals surface area contributed by atoms with Gasteiger partial charge in [0.25, 0.3) is 0 Å². The van der Waals surface area contributed by atoms with Crippen LogP contribution in [0.3, 0.4) is 0 Å². The number of halogens is 3. The second-order valence-corrected chi connectivity index (χ2v) is 6.65. The normalized spacial score (nSPS) is 23.0. The van der Waals surface area contributed by atoms with Gasteiger partial charge in [0.2, 0.25) is 0 Å². The summed E-state index contributed by atoms with van der Waals surface area (Å²) in [5.41, 5.74) is 2.90. The number of aliphatic imine (C=N–C) groups is 1. The maximum absolute atomic E-state index is 13.7. The van der Waals surface area contributed by atoms with Crippen molar-refractivity contribution in [2.75, 3.05) is 6.54 Å². The van der Waals surface area contributed by atoms with Crippen molar-refractivity contribution in [2.45, 2.75) is 39.5 Å². The topological polar surface area (TPSA) is 15.6 Å². The summed E-state index contributed by atoms with van der Waals surface area (Å²) in [4.78, 5) is 6.39. The molecule has 1 aliphatic carbocycles. The predicted octanol–water partition coefficient (Wildman–Crippen LogP) is 5.87. The van der Waals surface area contributed by atoms with Gasteiger partial charge < -0.3 is 4.90 Å². The van der Waals surface area contributed by atoms with Crippen LogP contribution >= 0.6 is 23.2 Å². The highest BCUT2D eigenvalue weighted by atomic mass is 35.5. The Hall–Kier alpha value is -1.06. The van der Waals surface area contributed by atoms with E-state index in [0.717, 1.165) is 29.8 Å². The smallest absolute Gasteiger partial charge is 0.152 e. The SMILES string of the molecule is C=CN(CC1CCC(Cl)=C(F)C1)C1=C(Cl)N=C(C)CC=C1C. The molecule has 1 heterocycles. The van der Waals surface area contributed by atoms with Crippen molar-refractivity contribution < 1.29 is 4.39 Å². The van der Waals surface area contributed by atoms with Crippen LogP contribution in [0.25, 0.3) is 0 Å². The van der Waals surface area contributed by atoms with E-state index in [1.54, 1.807) is 6.20 Å². The van der Waals surface area contributed by atoms with E-state index in [0.29, 0.717) is 29.6 Å². The van der Waals surface area contributed by atoms with E-state index in [-0.39, 0.29) is 11.7 Å². The fraction of sp³-hybridized carbons (Fsp3) is 0.471. The number of hydrogen-bond acceptors (Lipinski definition) is 2. The third kappa shape index (κ3) is 4.02. The van der Waals surface area contributed by atoms with Crippen molar-refractivity contribution in [3.63, 3.8) is 0 Å². The van der Waals surface area contributed by atoms with Crippen molar-refractivity contribution in [2.24, 2.45) is 10.9 Å². The Balaban J connectivity index is 2.21. The van der Waals surface area contributed by atoms with Crippen molar-refractivity contribution in [3.05, 3.63) is 46.1 Å². The molecule has 2 aliphatic rings. The molecule has 1 aliphatic heterocycles. The molecule has 120 valence electrons. The Bertz CT molecular complexity index is 587. The molecule has 0 aromatic heterocycles. The van der Waals surface area contributed by atoms with Gasteiger partial charge in [-0.1, -0.05) is 35.9 Å². The molecule has 0 saturated carbocycles. The van der Waals surface area contributed by atoms with Crippen molar-refractivity contribution in [1.82, 2.24) is 4.90 Å². The Kier molecular flexibility index (Phi) is 5.87. The minimum Gasteiger partial charge on any atom is -0.346 e. The summed E-state index contributed by atoms with van der Waals surface area (Å²) in [5.74, 6) is 0.00240. The zero-order valence-corrected chi connectivity index (χ0v) is 14.5. The first kappa shape index (κ1) is 17.3. The van der Waals surface area contributed by atoms with Gasteiger partial charge in [-0.05, 0) is 44.4 Å². The van der Waals surface area contributed by atoms with Crippen LogP contribution in [0.1, 0.15) is 39.5 Å². The number of nitrogens with zero attached hydrogens (tertiary/aromatic N) is 2. The van der Waals surface area contributed by atoms with Gasteiger partial charge in [-0.3, -0.25) is 0 Å². The van der Waals surface area contributed by atoms with Gasteiger partial charge in [0.05, 0.1) is 5.70 Å². The molecule has 0 spiro atoms. The Labute approximate surface area is 141 Å². The summed E-state index contributed by atoms with van der Waals surface area (Å²) >= 11 is 12.2. The summed E-state index contributed by atoms with van der Waals surface area (Å²) in [6, 6.07) is 0. The molecule has 2 rings (SSSR count). The summed E-state index contributed by atoms with van der Waals surface area (Å²) < 4.78 is 13.7. The first-order chi connectivity index (χ1) is 10.4. The Morgan fingerprint density at radius 1 is 1.45 bits per heavy atom. The largest absolute Gasteiger partial charge is 0.346 e. The summed E-state index contributed by atoms with van der Waals surface area (Å²) in [7, 11) is 0. The number of allylic oxidation sites excluding steroid dienone is 4. The predicted molar refractivity (Wildman–Crippen MR) is 92.6 cm³/mol. The van der Waals surface area contributed by atoms with E-state index in [1.165, 1.54) is 0 Å². The minimum absolute atomic E-state index is 0.191. The fourth-order valence-corrected chi connectivity index (χ4v) is 3.38. The highest BCUT2D eigenvalue weighted by Crippen LogP contribution is 2.35. The molecule has 1 atom stereocenters. The molecule has 0 bridgehead atoms. The highest BCUT2D eigenvalue weighted by molar-refractivity contribution is 6.30. The first-order valence-corrected chi connectivity index (χ1v) is 8.21. The van der Waals surface area contributed by atoms with Crippen molar-refractivity contribution >= 4 is 28.9 Å². The molecular weight excluding hydrogens is 322 g/mol. The first-order valence-electron chi connectivity index (χ1n) is 7.45. The van der Waals surface area contributed by atoms with Gasteiger partial charge in [-0.2, -0.15) is 0 Å². The second kappa shape index (κ2) is 7.47. The van der Waals surface area contributed by atoms with Crippen LogP contribution in [0.2, 0.25) is 0 Å². The average molecular weight is 343 g/mol. The van der Waals surface area contributed by atoms with Crippen molar-refractivity contribution in [3.8, 4) is 0 Å². The lowest BCUT2D eigenvalue weighted by molar-refractivity contribution is 0.317. The number of rotatable bonds is 4. The molecule has 0 aromatic rings. The van der Waals surface area contributed by atoms with Gasteiger partial charge in [-0.25, -0.2) is 9.38 Å². The van der Waals surface area contributed by atoms with Gasteiger partial charge in [0, 0.05) is 30.1 Å². The lowest BCUT2D eigenvalue weighted by Crippen LogP contribution is -2.26. The van der Waals surface area contributed by atoms with Crippen LogP contribution < -0.4 is 0 Å². The lowest BCUT2D eigenvalue weighted by atomic mass is 9.92. The van der Waals surface area contributed by atoms with Crippen LogP contribution in [-0.2, 0) is 0 Å². The maximum Gasteiger partial charge on any atom is 0.152 e. The third-order valence-corrected chi connectivity index (χ3v) is 4.72. The molecule has 0 radical (unpaired) electrons. The van der Waals surface area contributed by atoms with Gasteiger partial charge >= 0.3 is 0 Å². The second-order valence-electron chi connectivity index (χ2n) is 5.83. The summed E-state index contributed by atoms with van der Waals surface area (Å²) in [5, 5.41) is 0.831. The van der Waals surface area contributed by atoms with Crippen LogP contribution in [-0.4, -0.2) is 17.2 Å². The van der Waals surface area contributed by atoms with E-state index in [9.17, 15) is 4.39 Å². The van der Waals surface area contributed by atoms with E-state index >= 15 is 0 Å². The van der Waals surface area contributed by atoms with Crippen LogP contribution in [0.5, 0.6) is 0 Å². The van der Waals surface area contributed by atoms with E-state index < -0.39 is 0 Å². The van der Waals surface area contributed by atoms with Gasteiger partial charge in [-0.15, -0.1) is 0 Å². The fourth-order valence-electron chi connectivity index (χ4n) is 2.80. The van der Waals surface area contributed by atoms with Gasteiger partial charge in [0.1, 0.15) is 5.83 Å². The van der Waals surface area contributed by atoms with E-state index in [4.69, 9.17) is 23.2 Å². The standard InChI is InChI=1S/C17H21Cl2FN2/c1-4-22(10-13-7-8-14(18)15(20)9-13)16-11(2)5-6-12(3)21-17(16)19/h4-5,13H,1,6-10H2,2-3H3. The van der Waals surface area contributed by atoms with Crippen molar-refractivity contribution in [1.29, 1.82) is 0 Å². The molecule has 0 aromatic carbocycles. The lowest BCUT2D eigenvalue weighted by Gasteiger charge is -2.30. The molecule has 0 saturated heterocycles. The van der Waals surface area contributed by atoms with Crippen LogP contribution in [0.4, 0.5) is 4.39 Å². The zero-order chi connectivity index (χ0) is 16.3. The molecule has 0 N–H and O–H groups in total. The van der Waals surface area contributed by atoms with Crippen LogP contribution in [0.15, 0.2) is 51.1 Å². The number of hydrogen-bond donors (Lipinski definition) is 0. The van der Waals surface area contributed by atoms with Crippen LogP contribution in [0, 0.1) is 5.92 Å². The Morgan fingerprint density at radius 2 is 2.18 bits per heavy atom.